The van der Waals surface area contributed by atoms with Crippen LogP contribution in [0.1, 0.15) is 21.5 Å². The number of hydrogen-bond donors (Lipinski definition) is 1. The van der Waals surface area contributed by atoms with Crippen molar-refractivity contribution in [2.75, 3.05) is 0 Å². The number of nitriles is 1. The number of H-pyrrole nitrogens is 1. The molecule has 0 saturated heterocycles. The summed E-state index contributed by atoms with van der Waals surface area (Å²) in [6.45, 7) is 0. The van der Waals surface area contributed by atoms with E-state index < -0.39 is 23.0 Å². The van der Waals surface area contributed by atoms with E-state index in [0.717, 1.165) is 12.1 Å². The molecule has 102 valence electrons. The molecule has 0 aliphatic rings. The van der Waals surface area contributed by atoms with Crippen LogP contribution in [0.15, 0.2) is 36.7 Å². The number of nitrogens with zero attached hydrogens (tertiary/aromatic N) is 2. The van der Waals surface area contributed by atoms with E-state index in [1.54, 1.807) is 0 Å². The smallest absolute Gasteiger partial charge is 0.201 e. The van der Waals surface area contributed by atoms with Gasteiger partial charge in [-0.2, -0.15) is 5.26 Å². The fourth-order valence-corrected chi connectivity index (χ4v) is 2.18. The van der Waals surface area contributed by atoms with Crippen molar-refractivity contribution in [1.29, 1.82) is 5.26 Å². The molecule has 6 heteroatoms. The summed E-state index contributed by atoms with van der Waals surface area (Å²) < 4.78 is 27.4. The summed E-state index contributed by atoms with van der Waals surface area (Å²) in [7, 11) is 0. The first-order valence-corrected chi connectivity index (χ1v) is 5.98. The SMILES string of the molecule is N#Cc1ccnc2[nH]cc(C(=O)c3c(F)cccc3F)c12. The molecule has 3 aromatic rings. The fraction of sp³-hybridized carbons (Fsp3) is 0. The van der Waals surface area contributed by atoms with Gasteiger partial charge in [-0.3, -0.25) is 4.79 Å². The number of aromatic nitrogens is 2. The van der Waals surface area contributed by atoms with Crippen molar-refractivity contribution in [1.82, 2.24) is 9.97 Å². The molecule has 0 aliphatic carbocycles. The molecule has 0 fully saturated rings. The molecule has 2 heterocycles. The zero-order valence-electron chi connectivity index (χ0n) is 10.5. The van der Waals surface area contributed by atoms with E-state index in [-0.39, 0.29) is 16.5 Å². The molecular weight excluding hydrogens is 276 g/mol. The molecule has 0 atom stereocenters. The predicted octanol–water partition coefficient (Wildman–Crippen LogP) is 2.94. The maximum atomic E-state index is 13.7. The molecule has 0 amide bonds. The Kier molecular flexibility index (Phi) is 2.95. The molecule has 0 unspecified atom stereocenters. The van der Waals surface area contributed by atoms with Crippen LogP contribution in [0.25, 0.3) is 11.0 Å². The van der Waals surface area contributed by atoms with Crippen LogP contribution in [0, 0.1) is 23.0 Å². The standard InChI is InChI=1S/C15H7F2N3O/c16-10-2-1-3-11(17)13(10)14(21)9-7-20-15-12(9)8(6-18)4-5-19-15/h1-5,7H,(H,19,20). The van der Waals surface area contributed by atoms with Gasteiger partial charge in [-0.25, -0.2) is 13.8 Å². The number of rotatable bonds is 2. The lowest BCUT2D eigenvalue weighted by atomic mass is 10.0. The lowest BCUT2D eigenvalue weighted by molar-refractivity contribution is 0.103. The molecule has 2 aromatic heterocycles. The molecule has 0 bridgehead atoms. The molecule has 3 rings (SSSR count). The second-order valence-electron chi connectivity index (χ2n) is 4.32. The van der Waals surface area contributed by atoms with Crippen LogP contribution in [0.5, 0.6) is 0 Å². The zero-order chi connectivity index (χ0) is 15.0. The Balaban J connectivity index is 2.27. The van der Waals surface area contributed by atoms with Gasteiger partial charge in [0.05, 0.1) is 22.8 Å². The van der Waals surface area contributed by atoms with Crippen molar-refractivity contribution < 1.29 is 13.6 Å². The average molecular weight is 283 g/mol. The minimum atomic E-state index is -0.947. The fourth-order valence-electron chi connectivity index (χ4n) is 2.18. The van der Waals surface area contributed by atoms with E-state index in [1.165, 1.54) is 24.5 Å². The number of aromatic amines is 1. The van der Waals surface area contributed by atoms with Crippen molar-refractivity contribution in [3.8, 4) is 6.07 Å². The monoisotopic (exact) mass is 283 g/mol. The number of fused-ring (bicyclic) bond motifs is 1. The molecule has 4 nitrogen and oxygen atoms in total. The number of benzene rings is 1. The molecule has 0 saturated carbocycles. The quantitative estimate of drug-likeness (QED) is 0.735. The summed E-state index contributed by atoms with van der Waals surface area (Å²) >= 11 is 0. The van der Waals surface area contributed by atoms with Crippen molar-refractivity contribution in [2.24, 2.45) is 0 Å². The number of hydrogen-bond acceptors (Lipinski definition) is 3. The number of nitrogens with one attached hydrogen (secondary N) is 1. The van der Waals surface area contributed by atoms with E-state index in [1.807, 2.05) is 6.07 Å². The van der Waals surface area contributed by atoms with Crippen molar-refractivity contribution in [3.63, 3.8) is 0 Å². The first-order valence-electron chi connectivity index (χ1n) is 5.98. The number of ketones is 1. The minimum absolute atomic E-state index is 0.0126. The lowest BCUT2D eigenvalue weighted by Crippen LogP contribution is -2.07. The van der Waals surface area contributed by atoms with Gasteiger partial charge in [-0.1, -0.05) is 6.07 Å². The van der Waals surface area contributed by atoms with Gasteiger partial charge in [-0.15, -0.1) is 0 Å². The largest absolute Gasteiger partial charge is 0.345 e. The number of carbonyl (C=O) groups is 1. The first-order chi connectivity index (χ1) is 10.1. The maximum Gasteiger partial charge on any atom is 0.201 e. The molecule has 0 aliphatic heterocycles. The predicted molar refractivity (Wildman–Crippen MR) is 70.6 cm³/mol. The molecule has 1 N–H and O–H groups in total. The van der Waals surface area contributed by atoms with Gasteiger partial charge in [0.1, 0.15) is 17.3 Å². The van der Waals surface area contributed by atoms with Gasteiger partial charge in [0, 0.05) is 17.8 Å². The normalized spacial score (nSPS) is 10.5. The van der Waals surface area contributed by atoms with Crippen LogP contribution in [-0.2, 0) is 0 Å². The third kappa shape index (κ3) is 1.96. The van der Waals surface area contributed by atoms with Gasteiger partial charge in [0.25, 0.3) is 0 Å². The molecular formula is C15H7F2N3O. The van der Waals surface area contributed by atoms with Crippen LogP contribution in [-0.4, -0.2) is 15.8 Å². The minimum Gasteiger partial charge on any atom is -0.345 e. The highest BCUT2D eigenvalue weighted by Gasteiger charge is 2.23. The first kappa shape index (κ1) is 12.9. The Bertz CT molecular complexity index is 889. The number of carbonyl (C=O) groups excluding carboxylic acids is 1. The molecule has 21 heavy (non-hydrogen) atoms. The van der Waals surface area contributed by atoms with E-state index in [2.05, 4.69) is 9.97 Å². The molecule has 0 spiro atoms. The summed E-state index contributed by atoms with van der Waals surface area (Å²) in [5.41, 5.74) is -0.111. The Labute approximate surface area is 117 Å². The van der Waals surface area contributed by atoms with Crippen LogP contribution in [0.3, 0.4) is 0 Å². The van der Waals surface area contributed by atoms with E-state index >= 15 is 0 Å². The molecule has 1 aromatic carbocycles. The molecule has 0 radical (unpaired) electrons. The van der Waals surface area contributed by atoms with Gasteiger partial charge >= 0.3 is 0 Å². The number of halogens is 2. The summed E-state index contributed by atoms with van der Waals surface area (Å²) in [4.78, 5) is 19.1. The van der Waals surface area contributed by atoms with Crippen molar-refractivity contribution >= 4 is 16.8 Å². The van der Waals surface area contributed by atoms with Crippen molar-refractivity contribution in [2.45, 2.75) is 0 Å². The Morgan fingerprint density at radius 1 is 1.24 bits per heavy atom. The number of pyridine rings is 1. The second kappa shape index (κ2) is 4.80. The summed E-state index contributed by atoms with van der Waals surface area (Å²) in [6.07, 6.45) is 2.71. The van der Waals surface area contributed by atoms with Crippen LogP contribution in [0.2, 0.25) is 0 Å². The Hall–Kier alpha value is -3.07. The Morgan fingerprint density at radius 3 is 2.62 bits per heavy atom. The lowest BCUT2D eigenvalue weighted by Gasteiger charge is -2.03. The second-order valence-corrected chi connectivity index (χ2v) is 4.32. The maximum absolute atomic E-state index is 13.7. The summed E-state index contributed by atoms with van der Waals surface area (Å²) in [5, 5.41) is 9.35. The van der Waals surface area contributed by atoms with Crippen LogP contribution < -0.4 is 0 Å². The van der Waals surface area contributed by atoms with Crippen LogP contribution in [0.4, 0.5) is 8.78 Å². The topological polar surface area (TPSA) is 69.5 Å². The van der Waals surface area contributed by atoms with Crippen LogP contribution >= 0.6 is 0 Å². The highest BCUT2D eigenvalue weighted by atomic mass is 19.1. The third-order valence-corrected chi connectivity index (χ3v) is 3.13. The van der Waals surface area contributed by atoms with E-state index in [9.17, 15) is 13.6 Å². The van der Waals surface area contributed by atoms with Gasteiger partial charge in [-0.05, 0) is 18.2 Å². The van der Waals surface area contributed by atoms with E-state index in [4.69, 9.17) is 5.26 Å². The van der Waals surface area contributed by atoms with Gasteiger partial charge < -0.3 is 4.98 Å². The van der Waals surface area contributed by atoms with Gasteiger partial charge in [0.2, 0.25) is 5.78 Å². The summed E-state index contributed by atoms with van der Waals surface area (Å²) in [6, 6.07) is 6.56. The average Bonchev–Trinajstić information content (AvgIpc) is 2.90. The van der Waals surface area contributed by atoms with E-state index in [0.29, 0.717) is 5.65 Å². The third-order valence-electron chi connectivity index (χ3n) is 3.13. The highest BCUT2D eigenvalue weighted by molar-refractivity contribution is 6.17. The Morgan fingerprint density at radius 2 is 1.95 bits per heavy atom. The summed E-state index contributed by atoms with van der Waals surface area (Å²) in [5.74, 6) is -2.73. The van der Waals surface area contributed by atoms with Gasteiger partial charge in [0.15, 0.2) is 0 Å². The van der Waals surface area contributed by atoms with Crippen molar-refractivity contribution in [3.05, 3.63) is 65.0 Å². The zero-order valence-corrected chi connectivity index (χ0v) is 10.5. The highest BCUT2D eigenvalue weighted by Crippen LogP contribution is 2.25.